The number of aldehydes is 1. The van der Waals surface area contributed by atoms with Crippen molar-refractivity contribution in [3.05, 3.63) is 35.9 Å². The Bertz CT molecular complexity index is 430. The van der Waals surface area contributed by atoms with Gasteiger partial charge < -0.3 is 15.2 Å². The zero-order chi connectivity index (χ0) is 13.5. The minimum absolute atomic E-state index is 0.188. The highest BCUT2D eigenvalue weighted by Gasteiger charge is 2.22. The molecular formula is C13H15NO4. The van der Waals surface area contributed by atoms with Crippen LogP contribution in [0.1, 0.15) is 12.5 Å². The largest absolute Gasteiger partial charge is 0.480 e. The monoisotopic (exact) mass is 249 g/mol. The molecule has 0 bridgehead atoms. The average molecular weight is 249 g/mol. The predicted molar refractivity (Wildman–Crippen MR) is 64.9 cm³/mol. The minimum atomic E-state index is -1.12. The van der Waals surface area contributed by atoms with Gasteiger partial charge in [0.05, 0.1) is 5.92 Å². The summed E-state index contributed by atoms with van der Waals surface area (Å²) in [5.41, 5.74) is 0.809. The molecule has 0 aliphatic heterocycles. The Morgan fingerprint density at radius 1 is 1.33 bits per heavy atom. The number of carbonyl (C=O) groups is 3. The van der Waals surface area contributed by atoms with Crippen molar-refractivity contribution in [2.45, 2.75) is 19.4 Å². The van der Waals surface area contributed by atoms with E-state index in [1.165, 1.54) is 6.92 Å². The molecule has 1 amide bonds. The van der Waals surface area contributed by atoms with Crippen LogP contribution in [0.5, 0.6) is 0 Å². The van der Waals surface area contributed by atoms with Gasteiger partial charge in [-0.25, -0.2) is 4.79 Å². The van der Waals surface area contributed by atoms with E-state index >= 15 is 0 Å². The number of amides is 1. The van der Waals surface area contributed by atoms with Crippen LogP contribution in [0.15, 0.2) is 30.3 Å². The lowest BCUT2D eigenvalue weighted by molar-refractivity contribution is -0.142. The molecular weight excluding hydrogens is 234 g/mol. The first-order valence-corrected chi connectivity index (χ1v) is 5.57. The number of aliphatic carboxylic acids is 1. The van der Waals surface area contributed by atoms with Crippen LogP contribution in [0.3, 0.4) is 0 Å². The van der Waals surface area contributed by atoms with Gasteiger partial charge in [-0.3, -0.25) is 4.79 Å². The summed E-state index contributed by atoms with van der Waals surface area (Å²) in [6.07, 6.45) is 0.671. The summed E-state index contributed by atoms with van der Waals surface area (Å²) < 4.78 is 0. The number of carboxylic acid groups (broad SMARTS) is 1. The standard InChI is InChI=1S/C13H15NO4/c1-9(8-15)12(16)14-11(13(17)18)7-10-5-3-2-4-6-10/h2-6,8-9,11H,7H2,1H3,(H,14,16)(H,17,18)/t9-,11+/m1/s1. The molecule has 0 aromatic heterocycles. The minimum Gasteiger partial charge on any atom is -0.480 e. The van der Waals surface area contributed by atoms with Crippen LogP contribution in [0.25, 0.3) is 0 Å². The van der Waals surface area contributed by atoms with Crippen molar-refractivity contribution in [3.8, 4) is 0 Å². The maximum Gasteiger partial charge on any atom is 0.326 e. The Morgan fingerprint density at radius 2 is 1.94 bits per heavy atom. The van der Waals surface area contributed by atoms with Crippen molar-refractivity contribution in [1.29, 1.82) is 0 Å². The van der Waals surface area contributed by atoms with Gasteiger partial charge >= 0.3 is 5.97 Å². The Hall–Kier alpha value is -2.17. The third kappa shape index (κ3) is 4.01. The SMILES string of the molecule is C[C@H](C=O)C(=O)N[C@@H](Cc1ccccc1)C(=O)O. The molecule has 0 unspecified atom stereocenters. The summed E-state index contributed by atoms with van der Waals surface area (Å²) in [6.45, 7) is 1.42. The Kier molecular flexibility index (Phi) is 5.05. The highest BCUT2D eigenvalue weighted by atomic mass is 16.4. The van der Waals surface area contributed by atoms with Crippen LogP contribution in [-0.2, 0) is 20.8 Å². The smallest absolute Gasteiger partial charge is 0.326 e. The molecule has 0 radical (unpaired) electrons. The molecule has 0 saturated carbocycles. The number of carbonyl (C=O) groups excluding carboxylic acids is 2. The summed E-state index contributed by atoms with van der Waals surface area (Å²) in [4.78, 5) is 33.0. The van der Waals surface area contributed by atoms with Gasteiger partial charge in [-0.2, -0.15) is 0 Å². The van der Waals surface area contributed by atoms with Crippen molar-refractivity contribution in [2.75, 3.05) is 0 Å². The second-order valence-corrected chi connectivity index (χ2v) is 4.01. The van der Waals surface area contributed by atoms with Gasteiger partial charge in [-0.05, 0) is 12.5 Å². The summed E-state index contributed by atoms with van der Waals surface area (Å²) in [5.74, 6) is -2.54. The lowest BCUT2D eigenvalue weighted by Gasteiger charge is -2.15. The molecule has 18 heavy (non-hydrogen) atoms. The fourth-order valence-corrected chi connectivity index (χ4v) is 1.41. The van der Waals surface area contributed by atoms with Crippen LogP contribution >= 0.6 is 0 Å². The molecule has 0 fully saturated rings. The van der Waals surface area contributed by atoms with Crippen molar-refractivity contribution >= 4 is 18.2 Å². The first-order chi connectivity index (χ1) is 8.54. The van der Waals surface area contributed by atoms with Crippen LogP contribution in [0.4, 0.5) is 0 Å². The number of hydrogen-bond acceptors (Lipinski definition) is 3. The van der Waals surface area contributed by atoms with Crippen LogP contribution in [-0.4, -0.2) is 29.3 Å². The Morgan fingerprint density at radius 3 is 2.44 bits per heavy atom. The Balaban J connectivity index is 2.69. The highest BCUT2D eigenvalue weighted by molar-refractivity contribution is 5.93. The van der Waals surface area contributed by atoms with Crippen molar-refractivity contribution in [1.82, 2.24) is 5.32 Å². The molecule has 2 N–H and O–H groups in total. The van der Waals surface area contributed by atoms with Crippen molar-refractivity contribution < 1.29 is 19.5 Å². The van der Waals surface area contributed by atoms with Gasteiger partial charge in [0.15, 0.2) is 0 Å². The molecule has 1 rings (SSSR count). The van der Waals surface area contributed by atoms with E-state index in [0.717, 1.165) is 5.56 Å². The maximum absolute atomic E-state index is 11.5. The van der Waals surface area contributed by atoms with E-state index in [4.69, 9.17) is 5.11 Å². The topological polar surface area (TPSA) is 83.5 Å². The molecule has 0 aliphatic carbocycles. The summed E-state index contributed by atoms with van der Waals surface area (Å²) in [5, 5.41) is 11.4. The third-order valence-electron chi connectivity index (χ3n) is 2.51. The molecule has 5 heteroatoms. The van der Waals surface area contributed by atoms with Gasteiger partial charge in [0.2, 0.25) is 5.91 Å². The van der Waals surface area contributed by atoms with Crippen LogP contribution in [0.2, 0.25) is 0 Å². The fraction of sp³-hybridized carbons (Fsp3) is 0.308. The molecule has 0 saturated heterocycles. The number of benzene rings is 1. The van der Waals surface area contributed by atoms with E-state index < -0.39 is 23.8 Å². The average Bonchev–Trinajstić information content (AvgIpc) is 2.37. The second-order valence-electron chi connectivity index (χ2n) is 4.01. The van der Waals surface area contributed by atoms with E-state index in [2.05, 4.69) is 5.32 Å². The first-order valence-electron chi connectivity index (χ1n) is 5.57. The molecule has 0 spiro atoms. The molecule has 0 aliphatic rings. The number of rotatable bonds is 6. The van der Waals surface area contributed by atoms with Gasteiger partial charge in [-0.1, -0.05) is 30.3 Å². The molecule has 1 aromatic carbocycles. The summed E-state index contributed by atoms with van der Waals surface area (Å²) >= 11 is 0. The lowest BCUT2D eigenvalue weighted by atomic mass is 10.1. The molecule has 96 valence electrons. The fourth-order valence-electron chi connectivity index (χ4n) is 1.41. The van der Waals surface area contributed by atoms with E-state index in [1.807, 2.05) is 6.07 Å². The van der Waals surface area contributed by atoms with E-state index in [-0.39, 0.29) is 6.42 Å². The molecule has 5 nitrogen and oxygen atoms in total. The van der Waals surface area contributed by atoms with E-state index in [0.29, 0.717) is 6.29 Å². The lowest BCUT2D eigenvalue weighted by Crippen LogP contribution is -2.44. The zero-order valence-corrected chi connectivity index (χ0v) is 10.00. The van der Waals surface area contributed by atoms with Crippen molar-refractivity contribution in [2.24, 2.45) is 5.92 Å². The predicted octanol–water partition coefficient (Wildman–Crippen LogP) is 0.633. The van der Waals surface area contributed by atoms with Gasteiger partial charge in [0, 0.05) is 6.42 Å². The van der Waals surface area contributed by atoms with Crippen molar-refractivity contribution in [3.63, 3.8) is 0 Å². The highest BCUT2D eigenvalue weighted by Crippen LogP contribution is 2.04. The number of hydrogen-bond donors (Lipinski definition) is 2. The summed E-state index contributed by atoms with van der Waals surface area (Å²) in [6, 6.07) is 7.96. The first kappa shape index (κ1) is 13.9. The van der Waals surface area contributed by atoms with E-state index in [9.17, 15) is 14.4 Å². The zero-order valence-electron chi connectivity index (χ0n) is 10.00. The van der Waals surface area contributed by atoms with Gasteiger partial charge in [0.25, 0.3) is 0 Å². The maximum atomic E-state index is 11.5. The third-order valence-corrected chi connectivity index (χ3v) is 2.51. The van der Waals surface area contributed by atoms with Crippen LogP contribution < -0.4 is 5.32 Å². The number of nitrogens with one attached hydrogen (secondary N) is 1. The van der Waals surface area contributed by atoms with Crippen LogP contribution in [0, 0.1) is 5.92 Å². The molecule has 0 heterocycles. The van der Waals surface area contributed by atoms with Gasteiger partial charge in [0.1, 0.15) is 12.3 Å². The van der Waals surface area contributed by atoms with Gasteiger partial charge in [-0.15, -0.1) is 0 Å². The molecule has 1 aromatic rings. The summed E-state index contributed by atoms with van der Waals surface area (Å²) in [7, 11) is 0. The normalized spacial score (nSPS) is 13.4. The second kappa shape index (κ2) is 6.54. The Labute approximate surface area is 105 Å². The van der Waals surface area contributed by atoms with E-state index in [1.54, 1.807) is 24.3 Å². The molecule has 2 atom stereocenters. The quantitative estimate of drug-likeness (QED) is 0.572. The number of carboxylic acids is 1.